The first-order valence-corrected chi connectivity index (χ1v) is 11.5. The summed E-state index contributed by atoms with van der Waals surface area (Å²) in [5, 5.41) is 3.19. The smallest absolute Gasteiger partial charge is 0.306 e. The summed E-state index contributed by atoms with van der Waals surface area (Å²) in [6.45, 7) is 1.18. The average Bonchev–Trinajstić information content (AvgIpc) is 3.47. The van der Waals surface area contributed by atoms with Crippen LogP contribution in [-0.4, -0.2) is 39.6 Å². The van der Waals surface area contributed by atoms with Gasteiger partial charge in [0.15, 0.2) is 11.6 Å². The zero-order valence-corrected chi connectivity index (χ0v) is 19.4. The van der Waals surface area contributed by atoms with Crippen LogP contribution in [0.2, 0.25) is 0 Å². The number of anilines is 1. The quantitative estimate of drug-likeness (QED) is 0.217. The van der Waals surface area contributed by atoms with Gasteiger partial charge in [-0.05, 0) is 60.5 Å². The van der Waals surface area contributed by atoms with Crippen LogP contribution in [0.5, 0.6) is 5.75 Å². The van der Waals surface area contributed by atoms with Gasteiger partial charge in [-0.15, -0.1) is 0 Å². The molecule has 2 aromatic carbocycles. The van der Waals surface area contributed by atoms with Crippen LogP contribution in [0.15, 0.2) is 76.5 Å². The van der Waals surface area contributed by atoms with Crippen molar-refractivity contribution < 1.29 is 17.9 Å². The summed E-state index contributed by atoms with van der Waals surface area (Å²) in [7, 11) is 1.41. The summed E-state index contributed by atoms with van der Waals surface area (Å²) in [4.78, 5) is 14.4. The van der Waals surface area contributed by atoms with Gasteiger partial charge in [0.1, 0.15) is 23.5 Å². The number of methoxy groups -OCH3 is 1. The number of benzene rings is 2. The maximum atomic E-state index is 14.0. The molecule has 35 heavy (non-hydrogen) atoms. The molecule has 0 bridgehead atoms. The molecule has 0 aliphatic carbocycles. The monoisotopic (exact) mass is 494 g/mol. The van der Waals surface area contributed by atoms with Crippen molar-refractivity contribution in [2.45, 2.75) is 4.90 Å². The molecule has 11 heteroatoms. The minimum atomic E-state index is -0.458. The molecule has 0 aliphatic heterocycles. The van der Waals surface area contributed by atoms with Crippen molar-refractivity contribution in [3.63, 3.8) is 0 Å². The molecule has 8 nitrogen and oxygen atoms in total. The Balaban J connectivity index is 1.34. The van der Waals surface area contributed by atoms with Gasteiger partial charge in [-0.3, -0.25) is 9.12 Å². The molecule has 0 unspecified atom stereocenters. The van der Waals surface area contributed by atoms with E-state index in [9.17, 15) is 8.78 Å². The minimum absolute atomic E-state index is 0.120. The highest BCUT2D eigenvalue weighted by Crippen LogP contribution is 2.34. The minimum Gasteiger partial charge on any atom is -0.494 e. The lowest BCUT2D eigenvalue weighted by Crippen LogP contribution is -2.17. The van der Waals surface area contributed by atoms with Crippen molar-refractivity contribution >= 4 is 23.7 Å². The third-order valence-corrected chi connectivity index (χ3v) is 5.96. The maximum absolute atomic E-state index is 14.0. The van der Waals surface area contributed by atoms with Crippen LogP contribution in [-0.2, 0) is 0 Å². The van der Waals surface area contributed by atoms with Gasteiger partial charge < -0.3 is 14.5 Å². The highest BCUT2D eigenvalue weighted by atomic mass is 32.2. The standard InChI is InChI=1S/C24H20F2N6O2S/c1-33-20-14-15(2-7-18(20)26)21-22(32-12-13-34-24(32)31-21)19-8-9-27-23(30-19)28-10-11-29-35-17-5-3-16(25)4-6-17/h2-9,12-14,29H,10-11H2,1H3,(H,27,28,30). The van der Waals surface area contributed by atoms with Crippen LogP contribution in [0.3, 0.4) is 0 Å². The molecule has 0 aliphatic rings. The van der Waals surface area contributed by atoms with Crippen molar-refractivity contribution in [3.05, 3.63) is 78.8 Å². The molecule has 3 heterocycles. The van der Waals surface area contributed by atoms with E-state index in [2.05, 4.69) is 25.0 Å². The first kappa shape index (κ1) is 22.8. The van der Waals surface area contributed by atoms with E-state index >= 15 is 0 Å². The number of halogens is 2. The molecule has 0 saturated heterocycles. The molecule has 0 amide bonds. The summed E-state index contributed by atoms with van der Waals surface area (Å²) in [5.74, 6) is 0.223. The predicted molar refractivity (Wildman–Crippen MR) is 129 cm³/mol. The molecule has 0 radical (unpaired) electrons. The number of nitrogens with zero attached hydrogens (tertiary/aromatic N) is 4. The van der Waals surface area contributed by atoms with Gasteiger partial charge in [0.05, 0.1) is 12.8 Å². The number of rotatable bonds is 9. The lowest BCUT2D eigenvalue weighted by Gasteiger charge is -2.09. The van der Waals surface area contributed by atoms with Crippen LogP contribution >= 0.6 is 11.9 Å². The van der Waals surface area contributed by atoms with Gasteiger partial charge in [-0.25, -0.2) is 18.7 Å². The Bertz CT molecular complexity index is 1450. The summed E-state index contributed by atoms with van der Waals surface area (Å²) >= 11 is 1.41. The fourth-order valence-corrected chi connectivity index (χ4v) is 4.12. The van der Waals surface area contributed by atoms with Gasteiger partial charge in [0, 0.05) is 35.9 Å². The molecule has 5 aromatic rings. The van der Waals surface area contributed by atoms with E-state index in [4.69, 9.17) is 9.15 Å². The predicted octanol–water partition coefficient (Wildman–Crippen LogP) is 5.05. The number of fused-ring (bicyclic) bond motifs is 1. The van der Waals surface area contributed by atoms with Gasteiger partial charge in [0.25, 0.3) is 0 Å². The molecule has 0 fully saturated rings. The third-order valence-electron chi connectivity index (χ3n) is 5.10. The zero-order valence-electron chi connectivity index (χ0n) is 18.5. The lowest BCUT2D eigenvalue weighted by molar-refractivity contribution is 0.387. The molecule has 5 rings (SSSR count). The van der Waals surface area contributed by atoms with Crippen LogP contribution in [0.25, 0.3) is 28.5 Å². The summed E-state index contributed by atoms with van der Waals surface area (Å²) < 4.78 is 42.6. The largest absolute Gasteiger partial charge is 0.494 e. The second-order valence-electron chi connectivity index (χ2n) is 7.36. The summed E-state index contributed by atoms with van der Waals surface area (Å²) in [5.41, 5.74) is 2.53. The van der Waals surface area contributed by atoms with Crippen LogP contribution in [0.1, 0.15) is 0 Å². The Labute approximate surface area is 203 Å². The van der Waals surface area contributed by atoms with Gasteiger partial charge in [-0.2, -0.15) is 4.98 Å². The van der Waals surface area contributed by atoms with Crippen LogP contribution < -0.4 is 14.8 Å². The van der Waals surface area contributed by atoms with E-state index in [0.717, 1.165) is 4.90 Å². The molecule has 178 valence electrons. The highest BCUT2D eigenvalue weighted by molar-refractivity contribution is 7.97. The fourth-order valence-electron chi connectivity index (χ4n) is 3.48. The fraction of sp³-hybridized carbons (Fsp3) is 0.125. The van der Waals surface area contributed by atoms with E-state index in [0.29, 0.717) is 47.5 Å². The lowest BCUT2D eigenvalue weighted by atomic mass is 10.1. The summed E-state index contributed by atoms with van der Waals surface area (Å²) in [6, 6.07) is 12.6. The van der Waals surface area contributed by atoms with Crippen molar-refractivity contribution in [1.82, 2.24) is 24.1 Å². The molecular formula is C24H20F2N6O2S. The third kappa shape index (κ3) is 4.96. The Kier molecular flexibility index (Phi) is 6.59. The second-order valence-corrected chi connectivity index (χ2v) is 8.32. The van der Waals surface area contributed by atoms with Gasteiger partial charge in [0.2, 0.25) is 5.95 Å². The number of hydrogen-bond donors (Lipinski definition) is 2. The van der Waals surface area contributed by atoms with E-state index in [1.807, 2.05) is 0 Å². The number of ether oxygens (including phenoxy) is 1. The highest BCUT2D eigenvalue weighted by Gasteiger charge is 2.20. The summed E-state index contributed by atoms with van der Waals surface area (Å²) in [6.07, 6.45) is 4.93. The van der Waals surface area contributed by atoms with Crippen LogP contribution in [0, 0.1) is 11.6 Å². The normalized spacial score (nSPS) is 11.2. The number of aromatic nitrogens is 4. The molecule has 0 atom stereocenters. The Morgan fingerprint density at radius 1 is 1.06 bits per heavy atom. The van der Waals surface area contributed by atoms with E-state index < -0.39 is 5.82 Å². The number of oxazole rings is 1. The molecule has 3 aromatic heterocycles. The molecule has 2 N–H and O–H groups in total. The van der Waals surface area contributed by atoms with Gasteiger partial charge >= 0.3 is 5.84 Å². The Morgan fingerprint density at radius 3 is 2.74 bits per heavy atom. The first-order valence-electron chi connectivity index (χ1n) is 10.6. The molecular weight excluding hydrogens is 474 g/mol. The number of nitrogens with one attached hydrogen (secondary N) is 2. The van der Waals surface area contributed by atoms with Gasteiger partial charge in [-0.1, -0.05) is 0 Å². The Morgan fingerprint density at radius 2 is 1.91 bits per heavy atom. The van der Waals surface area contributed by atoms with Crippen molar-refractivity contribution in [2.24, 2.45) is 0 Å². The molecule has 0 saturated carbocycles. The second kappa shape index (κ2) is 10.1. The Hall–Kier alpha value is -3.96. The van der Waals surface area contributed by atoms with Crippen molar-refractivity contribution in [2.75, 3.05) is 25.5 Å². The van der Waals surface area contributed by atoms with E-state index in [1.165, 1.54) is 43.5 Å². The van der Waals surface area contributed by atoms with Crippen molar-refractivity contribution in [1.29, 1.82) is 0 Å². The maximum Gasteiger partial charge on any atom is 0.306 e. The SMILES string of the molecule is COc1cc(-c2nc3occn3c2-c2ccnc(NCCNSc3ccc(F)cc3)n2)ccc1F. The first-order chi connectivity index (χ1) is 17.1. The van der Waals surface area contributed by atoms with Crippen molar-refractivity contribution in [3.8, 4) is 28.4 Å². The van der Waals surface area contributed by atoms with E-state index in [-0.39, 0.29) is 11.6 Å². The van der Waals surface area contributed by atoms with Crippen LogP contribution in [0.4, 0.5) is 14.7 Å². The zero-order chi connectivity index (χ0) is 24.2. The number of imidazole rings is 1. The topological polar surface area (TPSA) is 89.5 Å². The number of hydrogen-bond acceptors (Lipinski definition) is 8. The van der Waals surface area contributed by atoms with E-state index in [1.54, 1.807) is 47.1 Å². The average molecular weight is 495 g/mol. The molecule has 0 spiro atoms.